The molecule has 0 saturated carbocycles. The Balaban J connectivity index is 1.30. The van der Waals surface area contributed by atoms with Gasteiger partial charge in [-0.05, 0) is 67.0 Å². The van der Waals surface area contributed by atoms with Crippen LogP contribution in [0.15, 0.2) is 60.8 Å². The Morgan fingerprint density at radius 1 is 1.09 bits per heavy atom. The van der Waals surface area contributed by atoms with Crippen LogP contribution in [-0.2, 0) is 4.79 Å². The number of alkyl halides is 3. The van der Waals surface area contributed by atoms with Crippen LogP contribution in [0.25, 0.3) is 16.8 Å². The number of nitrogens with one attached hydrogen (secondary N) is 1. The third-order valence-corrected chi connectivity index (χ3v) is 8.75. The van der Waals surface area contributed by atoms with Crippen LogP contribution in [0.3, 0.4) is 0 Å². The number of anilines is 2. The molecule has 2 atom stereocenters. The van der Waals surface area contributed by atoms with Gasteiger partial charge in [0, 0.05) is 37.5 Å². The van der Waals surface area contributed by atoms with Crippen LogP contribution in [0, 0.1) is 12.3 Å². The van der Waals surface area contributed by atoms with Gasteiger partial charge in [-0.2, -0.15) is 28.2 Å². The number of aromatic nitrogens is 4. The molecule has 2 aliphatic rings. The Labute approximate surface area is 263 Å². The van der Waals surface area contributed by atoms with Gasteiger partial charge >= 0.3 is 12.1 Å². The minimum absolute atomic E-state index is 0.155. The Kier molecular flexibility index (Phi) is 8.23. The summed E-state index contributed by atoms with van der Waals surface area (Å²) in [7, 11) is 1.56. The second-order valence-electron chi connectivity index (χ2n) is 11.8. The normalized spacial score (nSPS) is 18.5. The van der Waals surface area contributed by atoms with Gasteiger partial charge in [-0.15, -0.1) is 0 Å². The second-order valence-corrected chi connectivity index (χ2v) is 11.8. The summed E-state index contributed by atoms with van der Waals surface area (Å²) in [5, 5.41) is 16.9. The number of halogens is 3. The summed E-state index contributed by atoms with van der Waals surface area (Å²) in [5.41, 5.74) is 7.95. The summed E-state index contributed by atoms with van der Waals surface area (Å²) in [6.07, 6.45) is -3.71. The molecule has 0 radical (unpaired) electrons. The van der Waals surface area contributed by atoms with Crippen LogP contribution >= 0.6 is 0 Å². The highest BCUT2D eigenvalue weighted by molar-refractivity contribution is 5.74. The van der Waals surface area contributed by atoms with Gasteiger partial charge in [-0.1, -0.05) is 24.3 Å². The van der Waals surface area contributed by atoms with Crippen LogP contribution in [0.4, 0.5) is 24.9 Å². The molecule has 0 amide bonds. The SMILES string of the molecule is COc1ccc(-c2ccc(C(Oc3cc(N4CCC5(CC4)CN[C@H](C(=O)O)C5)nc(N)n3)C(F)(F)F)c(-n3ccc(C)n3)c2)cc1. The number of carbonyl (C=O) groups is 1. The first-order valence-corrected chi connectivity index (χ1v) is 14.8. The van der Waals surface area contributed by atoms with E-state index in [2.05, 4.69) is 20.4 Å². The smallest absolute Gasteiger partial charge is 0.429 e. The van der Waals surface area contributed by atoms with Gasteiger partial charge in [0.05, 0.1) is 18.5 Å². The number of carboxylic acids is 1. The van der Waals surface area contributed by atoms with E-state index >= 15 is 0 Å². The van der Waals surface area contributed by atoms with Crippen LogP contribution < -0.4 is 25.4 Å². The maximum atomic E-state index is 14.8. The van der Waals surface area contributed by atoms with Crippen LogP contribution in [0.1, 0.15) is 36.6 Å². The van der Waals surface area contributed by atoms with Crippen molar-refractivity contribution in [3.63, 3.8) is 0 Å². The third kappa shape index (κ3) is 6.43. The number of nitrogen functional groups attached to an aromatic ring is 1. The van der Waals surface area contributed by atoms with Gasteiger partial charge in [0.2, 0.25) is 17.9 Å². The fraction of sp³-hybridized carbons (Fsp3) is 0.375. The number of aryl methyl sites for hydroxylation is 1. The fourth-order valence-electron chi connectivity index (χ4n) is 6.24. The molecule has 2 saturated heterocycles. The van der Waals surface area contributed by atoms with Gasteiger partial charge < -0.3 is 30.5 Å². The predicted molar refractivity (Wildman–Crippen MR) is 164 cm³/mol. The molecule has 1 spiro atoms. The van der Waals surface area contributed by atoms with Crippen molar-refractivity contribution < 1.29 is 32.5 Å². The lowest BCUT2D eigenvalue weighted by atomic mass is 9.76. The lowest BCUT2D eigenvalue weighted by Gasteiger charge is -2.39. The number of methoxy groups -OCH3 is 1. The molecule has 4 N–H and O–H groups in total. The Bertz CT molecular complexity index is 1720. The molecule has 6 rings (SSSR count). The number of piperidine rings is 1. The quantitative estimate of drug-likeness (QED) is 0.243. The molecule has 2 aromatic heterocycles. The van der Waals surface area contributed by atoms with Crippen molar-refractivity contribution in [3.05, 3.63) is 72.1 Å². The van der Waals surface area contributed by atoms with Crippen molar-refractivity contribution in [2.24, 2.45) is 5.41 Å². The van der Waals surface area contributed by atoms with Crippen LogP contribution in [-0.4, -0.2) is 69.8 Å². The van der Waals surface area contributed by atoms with E-state index in [-0.39, 0.29) is 28.5 Å². The van der Waals surface area contributed by atoms with Gasteiger partial charge in [-0.3, -0.25) is 4.79 Å². The van der Waals surface area contributed by atoms with E-state index in [4.69, 9.17) is 15.2 Å². The monoisotopic (exact) mass is 637 g/mol. The summed E-state index contributed by atoms with van der Waals surface area (Å²) in [6.45, 7) is 3.41. The van der Waals surface area contributed by atoms with Crippen molar-refractivity contribution in [3.8, 4) is 28.4 Å². The van der Waals surface area contributed by atoms with Gasteiger partial charge in [0.25, 0.3) is 0 Å². The summed E-state index contributed by atoms with van der Waals surface area (Å²) >= 11 is 0. The van der Waals surface area contributed by atoms with E-state index in [0.29, 0.717) is 61.7 Å². The number of benzene rings is 2. The molecule has 1 unspecified atom stereocenters. The van der Waals surface area contributed by atoms with Gasteiger partial charge in [0.15, 0.2) is 0 Å². The third-order valence-electron chi connectivity index (χ3n) is 8.75. The van der Waals surface area contributed by atoms with Crippen molar-refractivity contribution in [1.82, 2.24) is 25.1 Å². The highest BCUT2D eigenvalue weighted by Crippen LogP contribution is 2.43. The molecule has 4 aromatic rings. The maximum Gasteiger partial charge on any atom is 0.429 e. The molecule has 4 heterocycles. The molecular formula is C32H34F3N7O4. The van der Waals surface area contributed by atoms with E-state index in [9.17, 15) is 23.1 Å². The Morgan fingerprint density at radius 3 is 2.41 bits per heavy atom. The minimum atomic E-state index is -4.83. The average molecular weight is 638 g/mol. The predicted octanol–water partition coefficient (Wildman–Crippen LogP) is 4.94. The van der Waals surface area contributed by atoms with E-state index < -0.39 is 24.3 Å². The molecule has 14 heteroatoms. The lowest BCUT2D eigenvalue weighted by Crippen LogP contribution is -2.41. The van der Waals surface area contributed by atoms with Gasteiger partial charge in [-0.25, -0.2) is 4.68 Å². The maximum absolute atomic E-state index is 14.8. The van der Waals surface area contributed by atoms with Crippen LogP contribution in [0.5, 0.6) is 11.6 Å². The Morgan fingerprint density at radius 2 is 1.80 bits per heavy atom. The summed E-state index contributed by atoms with van der Waals surface area (Å²) in [4.78, 5) is 21.6. The first-order valence-electron chi connectivity index (χ1n) is 14.8. The summed E-state index contributed by atoms with van der Waals surface area (Å²) in [5.74, 6) is -0.411. The van der Waals surface area contributed by atoms with E-state index in [1.54, 1.807) is 50.6 Å². The number of nitrogens with two attached hydrogens (primary N) is 1. The lowest BCUT2D eigenvalue weighted by molar-refractivity contribution is -0.198. The number of aliphatic carboxylic acids is 1. The minimum Gasteiger partial charge on any atom is -0.497 e. The first kappa shape index (κ1) is 31.1. The molecule has 0 aliphatic carbocycles. The molecule has 2 aromatic carbocycles. The van der Waals surface area contributed by atoms with E-state index in [1.165, 1.54) is 16.8 Å². The molecule has 0 bridgehead atoms. The topological polar surface area (TPSA) is 141 Å². The van der Waals surface area contributed by atoms with Crippen LogP contribution in [0.2, 0.25) is 0 Å². The molecule has 46 heavy (non-hydrogen) atoms. The highest BCUT2D eigenvalue weighted by atomic mass is 19.4. The fourth-order valence-corrected chi connectivity index (χ4v) is 6.24. The Hall–Kier alpha value is -4.85. The highest BCUT2D eigenvalue weighted by Gasteiger charge is 2.46. The largest absolute Gasteiger partial charge is 0.497 e. The zero-order valence-corrected chi connectivity index (χ0v) is 25.3. The van der Waals surface area contributed by atoms with Crippen molar-refractivity contribution in [1.29, 1.82) is 0 Å². The number of rotatable bonds is 8. The van der Waals surface area contributed by atoms with Crippen molar-refractivity contribution in [2.45, 2.75) is 44.5 Å². The zero-order valence-electron chi connectivity index (χ0n) is 25.3. The van der Waals surface area contributed by atoms with Crippen molar-refractivity contribution >= 4 is 17.7 Å². The summed E-state index contributed by atoms with van der Waals surface area (Å²) in [6, 6.07) is 14.3. The average Bonchev–Trinajstić information content (AvgIpc) is 3.66. The van der Waals surface area contributed by atoms with Gasteiger partial charge in [0.1, 0.15) is 17.6 Å². The number of ether oxygens (including phenoxy) is 2. The van der Waals surface area contributed by atoms with E-state index in [1.807, 2.05) is 17.0 Å². The number of nitrogens with zero attached hydrogens (tertiary/aromatic N) is 5. The molecule has 2 aliphatic heterocycles. The molecule has 242 valence electrons. The summed E-state index contributed by atoms with van der Waals surface area (Å²) < 4.78 is 56.7. The van der Waals surface area contributed by atoms with E-state index in [0.717, 1.165) is 5.56 Å². The molecule has 2 fully saturated rings. The standard InChI is InChI=1S/C32H34F3N7O4/c1-19-9-12-42(40-19)25-15-21(20-3-6-22(45-2)7-4-20)5-8-23(25)28(32(33,34)35)46-27-16-26(38-30(36)39-27)41-13-10-31(11-14-41)17-24(29(43)44)37-18-31/h3-9,12,15-16,24,28,37H,10-11,13-14,17-18H2,1-2H3,(H,43,44)(H2,36,38,39)/t24-,28?/m0/s1. The first-order chi connectivity index (χ1) is 21.9. The number of hydrogen-bond acceptors (Lipinski definition) is 9. The molecular weight excluding hydrogens is 603 g/mol. The zero-order chi connectivity index (χ0) is 32.6. The number of hydrogen-bond donors (Lipinski definition) is 3. The van der Waals surface area contributed by atoms with Crippen molar-refractivity contribution in [2.75, 3.05) is 37.4 Å². The molecule has 11 nitrogen and oxygen atoms in total. The number of carboxylic acid groups (broad SMARTS) is 1. The second kappa shape index (κ2) is 12.2.